The monoisotopic (exact) mass is 306 g/mol. The first-order chi connectivity index (χ1) is 7.52. The van der Waals surface area contributed by atoms with Crippen molar-refractivity contribution in [2.75, 3.05) is 23.0 Å². The van der Waals surface area contributed by atoms with Crippen LogP contribution >= 0.6 is 46.8 Å². The van der Waals surface area contributed by atoms with E-state index in [0.717, 1.165) is 0 Å². The standard InChI is InChI=1S/C4H8O2S2.C4H10O2S2/c5-3-1-7-8-2-4(3)6;5-3(1-7)4(6)2-8/h3-6H,1-2H2;3-8H,1-2H2/t2*3-,4-/m00/s1. The highest BCUT2D eigenvalue weighted by Gasteiger charge is 2.20. The van der Waals surface area contributed by atoms with E-state index in [4.69, 9.17) is 20.4 Å². The highest BCUT2D eigenvalue weighted by atomic mass is 33.1. The number of rotatable bonds is 3. The van der Waals surface area contributed by atoms with Crippen LogP contribution in [0.4, 0.5) is 0 Å². The molecule has 0 bridgehead atoms. The third-order valence-electron chi connectivity index (χ3n) is 1.82. The van der Waals surface area contributed by atoms with E-state index in [2.05, 4.69) is 25.3 Å². The number of thiol groups is 2. The van der Waals surface area contributed by atoms with Gasteiger partial charge in [0.25, 0.3) is 0 Å². The Kier molecular flexibility index (Phi) is 11.0. The summed E-state index contributed by atoms with van der Waals surface area (Å²) in [4.78, 5) is 0. The van der Waals surface area contributed by atoms with E-state index in [9.17, 15) is 0 Å². The van der Waals surface area contributed by atoms with Gasteiger partial charge in [-0.2, -0.15) is 25.3 Å². The molecule has 1 heterocycles. The van der Waals surface area contributed by atoms with Crippen molar-refractivity contribution < 1.29 is 20.4 Å². The van der Waals surface area contributed by atoms with Crippen LogP contribution in [0.2, 0.25) is 0 Å². The van der Waals surface area contributed by atoms with Gasteiger partial charge < -0.3 is 20.4 Å². The van der Waals surface area contributed by atoms with Crippen molar-refractivity contribution >= 4 is 46.8 Å². The highest BCUT2D eigenvalue weighted by Crippen LogP contribution is 2.29. The minimum Gasteiger partial charge on any atom is -0.390 e. The van der Waals surface area contributed by atoms with Crippen LogP contribution in [0.5, 0.6) is 0 Å². The molecule has 0 unspecified atom stereocenters. The average Bonchev–Trinajstić information content (AvgIpc) is 2.31. The fourth-order valence-corrected chi connectivity index (χ4v) is 3.52. The van der Waals surface area contributed by atoms with Gasteiger partial charge in [0.2, 0.25) is 0 Å². The van der Waals surface area contributed by atoms with Gasteiger partial charge in [0.1, 0.15) is 0 Å². The molecule has 8 heteroatoms. The molecule has 0 amide bonds. The zero-order chi connectivity index (χ0) is 12.6. The molecule has 0 aromatic rings. The summed E-state index contributed by atoms with van der Waals surface area (Å²) in [6.07, 6.45) is -2.48. The van der Waals surface area contributed by atoms with Crippen LogP contribution in [0, 0.1) is 0 Å². The zero-order valence-corrected chi connectivity index (χ0v) is 12.1. The minimum atomic E-state index is -0.740. The molecule has 1 aliphatic heterocycles. The molecule has 1 saturated heterocycles. The summed E-state index contributed by atoms with van der Waals surface area (Å²) >= 11 is 7.53. The van der Waals surface area contributed by atoms with Gasteiger partial charge in [-0.05, 0) is 0 Å². The zero-order valence-electron chi connectivity index (χ0n) is 8.64. The van der Waals surface area contributed by atoms with Crippen molar-refractivity contribution in [2.24, 2.45) is 0 Å². The molecule has 1 aliphatic rings. The summed E-state index contributed by atoms with van der Waals surface area (Å²) in [6.45, 7) is 0. The second-order valence-electron chi connectivity index (χ2n) is 3.20. The van der Waals surface area contributed by atoms with Gasteiger partial charge in [0.15, 0.2) is 0 Å². The van der Waals surface area contributed by atoms with Crippen LogP contribution in [-0.2, 0) is 0 Å². The van der Waals surface area contributed by atoms with E-state index < -0.39 is 24.4 Å². The Balaban J connectivity index is 0.000000281. The summed E-state index contributed by atoms with van der Waals surface area (Å²) in [5, 5.41) is 35.3. The largest absolute Gasteiger partial charge is 0.390 e. The van der Waals surface area contributed by atoms with E-state index in [1.54, 1.807) is 21.6 Å². The molecule has 4 nitrogen and oxygen atoms in total. The predicted molar refractivity (Wildman–Crippen MR) is 76.6 cm³/mol. The van der Waals surface area contributed by atoms with Crippen LogP contribution in [-0.4, -0.2) is 67.9 Å². The van der Waals surface area contributed by atoms with E-state index in [-0.39, 0.29) is 11.5 Å². The van der Waals surface area contributed by atoms with Crippen LogP contribution in [0.15, 0.2) is 0 Å². The lowest BCUT2D eigenvalue weighted by molar-refractivity contribution is 0.0493. The Hall–Kier alpha value is 1.24. The Labute approximate surface area is 114 Å². The smallest absolute Gasteiger partial charge is 0.0906 e. The van der Waals surface area contributed by atoms with Gasteiger partial charge in [-0.1, -0.05) is 21.6 Å². The number of hydrogen-bond donors (Lipinski definition) is 6. The molecule has 16 heavy (non-hydrogen) atoms. The van der Waals surface area contributed by atoms with E-state index >= 15 is 0 Å². The lowest BCUT2D eigenvalue weighted by atomic mass is 10.3. The molecule has 0 radical (unpaired) electrons. The molecule has 0 saturated carbocycles. The quantitative estimate of drug-likeness (QED) is 0.317. The minimum absolute atomic E-state index is 0.279. The van der Waals surface area contributed by atoms with Crippen molar-refractivity contribution in [3.63, 3.8) is 0 Å². The Morgan fingerprint density at radius 1 is 0.938 bits per heavy atom. The third kappa shape index (κ3) is 7.54. The van der Waals surface area contributed by atoms with Crippen molar-refractivity contribution in [3.05, 3.63) is 0 Å². The molecule has 0 aromatic heterocycles. The van der Waals surface area contributed by atoms with E-state index in [1.807, 2.05) is 0 Å². The van der Waals surface area contributed by atoms with Gasteiger partial charge in [0.05, 0.1) is 24.4 Å². The summed E-state index contributed by atoms with van der Waals surface area (Å²) < 4.78 is 0. The number of hydrogen-bond acceptors (Lipinski definition) is 8. The van der Waals surface area contributed by atoms with Gasteiger partial charge in [-0.25, -0.2) is 0 Å². The highest BCUT2D eigenvalue weighted by molar-refractivity contribution is 8.76. The lowest BCUT2D eigenvalue weighted by Crippen LogP contribution is -2.32. The Morgan fingerprint density at radius 2 is 1.25 bits per heavy atom. The molecule has 4 N–H and O–H groups in total. The van der Waals surface area contributed by atoms with Gasteiger partial charge in [-0.15, -0.1) is 0 Å². The van der Waals surface area contributed by atoms with Gasteiger partial charge in [-0.3, -0.25) is 0 Å². The average molecular weight is 306 g/mol. The molecule has 1 fully saturated rings. The molecule has 0 spiro atoms. The lowest BCUT2D eigenvalue weighted by Gasteiger charge is -2.20. The molecule has 1 rings (SSSR count). The summed E-state index contributed by atoms with van der Waals surface area (Å²) in [7, 11) is 3.23. The summed E-state index contributed by atoms with van der Waals surface area (Å²) in [5.74, 6) is 1.88. The fraction of sp³-hybridized carbons (Fsp3) is 1.00. The van der Waals surface area contributed by atoms with Crippen LogP contribution < -0.4 is 0 Å². The topological polar surface area (TPSA) is 80.9 Å². The Bertz CT molecular complexity index is 152. The van der Waals surface area contributed by atoms with Crippen molar-refractivity contribution in [1.82, 2.24) is 0 Å². The first kappa shape index (κ1) is 17.2. The van der Waals surface area contributed by atoms with E-state index in [1.165, 1.54) is 0 Å². The van der Waals surface area contributed by atoms with Crippen molar-refractivity contribution in [3.8, 4) is 0 Å². The molecule has 4 atom stereocenters. The molecule has 98 valence electrons. The maximum Gasteiger partial charge on any atom is 0.0906 e. The van der Waals surface area contributed by atoms with Gasteiger partial charge >= 0.3 is 0 Å². The van der Waals surface area contributed by atoms with Crippen molar-refractivity contribution in [2.45, 2.75) is 24.4 Å². The maximum absolute atomic E-state index is 8.89. The van der Waals surface area contributed by atoms with Crippen LogP contribution in [0.3, 0.4) is 0 Å². The Morgan fingerprint density at radius 3 is 1.44 bits per heavy atom. The fourth-order valence-electron chi connectivity index (χ4n) is 0.701. The second kappa shape index (κ2) is 10.2. The molecular weight excluding hydrogens is 288 g/mol. The van der Waals surface area contributed by atoms with Crippen LogP contribution in [0.25, 0.3) is 0 Å². The predicted octanol–water partition coefficient (Wildman–Crippen LogP) is -0.329. The summed E-state index contributed by atoms with van der Waals surface area (Å²) in [5.41, 5.74) is 0. The molecule has 0 aromatic carbocycles. The SMILES string of the molecule is O[C@@H](CS)[C@@H](O)CS.O[C@H]1CSSC[C@@H]1O. The first-order valence-electron chi connectivity index (χ1n) is 4.71. The maximum atomic E-state index is 8.89. The van der Waals surface area contributed by atoms with Crippen molar-refractivity contribution in [1.29, 1.82) is 0 Å². The number of aliphatic hydroxyl groups is 4. The number of aliphatic hydroxyl groups excluding tert-OH is 4. The van der Waals surface area contributed by atoms with Crippen LogP contribution in [0.1, 0.15) is 0 Å². The summed E-state index contributed by atoms with van der Waals surface area (Å²) in [6, 6.07) is 0. The molecular formula is C8H18O4S4. The third-order valence-corrected chi connectivity index (χ3v) is 5.01. The van der Waals surface area contributed by atoms with E-state index in [0.29, 0.717) is 11.5 Å². The molecule has 0 aliphatic carbocycles. The normalized spacial score (nSPS) is 28.9. The first-order valence-corrected chi connectivity index (χ1v) is 8.46. The second-order valence-corrected chi connectivity index (χ2v) is 6.49. The van der Waals surface area contributed by atoms with Gasteiger partial charge in [0, 0.05) is 23.0 Å².